The standard InChI is InChI=1S/C13H8BrFN2O5S/c14-7-1-2-9(8(15)5-7)16-11(18)6-22-13(19)10-3-4-12(23-10)17(20)21/h1-5H,6H2,(H,16,18). The number of thiophene rings is 1. The van der Waals surface area contributed by atoms with Crippen molar-refractivity contribution in [1.82, 2.24) is 0 Å². The Kier molecular flexibility index (Phi) is 5.40. The Balaban J connectivity index is 1.90. The third-order valence-corrected chi connectivity index (χ3v) is 4.02. The number of rotatable bonds is 5. The molecule has 1 aromatic heterocycles. The summed E-state index contributed by atoms with van der Waals surface area (Å²) in [5.41, 5.74) is -0.0546. The third kappa shape index (κ3) is 4.57. The molecule has 1 N–H and O–H groups in total. The smallest absolute Gasteiger partial charge is 0.349 e. The Labute approximate surface area is 141 Å². The van der Waals surface area contributed by atoms with Crippen LogP contribution >= 0.6 is 27.3 Å². The first-order valence-electron chi connectivity index (χ1n) is 6.03. The predicted octanol–water partition coefficient (Wildman–Crippen LogP) is 3.35. The summed E-state index contributed by atoms with van der Waals surface area (Å²) in [6, 6.07) is 6.46. The highest BCUT2D eigenvalue weighted by atomic mass is 79.9. The summed E-state index contributed by atoms with van der Waals surface area (Å²) in [6.07, 6.45) is 0. The zero-order valence-electron chi connectivity index (χ0n) is 11.2. The number of ether oxygens (including phenoxy) is 1. The summed E-state index contributed by atoms with van der Waals surface area (Å²) in [5.74, 6) is -2.24. The molecule has 10 heteroatoms. The lowest BCUT2D eigenvalue weighted by Gasteiger charge is -2.07. The Hall–Kier alpha value is -2.33. The van der Waals surface area contributed by atoms with Gasteiger partial charge in [-0.25, -0.2) is 9.18 Å². The quantitative estimate of drug-likeness (QED) is 0.469. The van der Waals surface area contributed by atoms with Crippen molar-refractivity contribution < 1.29 is 23.6 Å². The van der Waals surface area contributed by atoms with Crippen molar-refractivity contribution in [3.63, 3.8) is 0 Å². The van der Waals surface area contributed by atoms with Gasteiger partial charge in [0.05, 0.1) is 10.6 Å². The van der Waals surface area contributed by atoms with E-state index < -0.39 is 29.2 Å². The molecule has 0 saturated carbocycles. The van der Waals surface area contributed by atoms with E-state index in [0.717, 1.165) is 0 Å². The van der Waals surface area contributed by atoms with Crippen molar-refractivity contribution in [3.8, 4) is 0 Å². The van der Waals surface area contributed by atoms with Crippen LogP contribution in [0.25, 0.3) is 0 Å². The number of hydrogen-bond donors (Lipinski definition) is 1. The maximum atomic E-state index is 13.5. The van der Waals surface area contributed by atoms with Gasteiger partial charge in [-0.15, -0.1) is 0 Å². The lowest BCUT2D eigenvalue weighted by atomic mass is 10.3. The third-order valence-electron chi connectivity index (χ3n) is 2.51. The maximum absolute atomic E-state index is 13.5. The molecular weight excluding hydrogens is 395 g/mol. The van der Waals surface area contributed by atoms with Gasteiger partial charge in [-0.1, -0.05) is 27.3 Å². The van der Waals surface area contributed by atoms with Crippen LogP contribution in [-0.2, 0) is 9.53 Å². The van der Waals surface area contributed by atoms with Crippen molar-refractivity contribution in [3.05, 3.63) is 55.6 Å². The zero-order valence-corrected chi connectivity index (χ0v) is 13.6. The number of esters is 1. The number of carbonyl (C=O) groups is 2. The van der Waals surface area contributed by atoms with E-state index in [9.17, 15) is 24.1 Å². The fraction of sp³-hybridized carbons (Fsp3) is 0.0769. The maximum Gasteiger partial charge on any atom is 0.349 e. The molecule has 2 aromatic rings. The van der Waals surface area contributed by atoms with Gasteiger partial charge in [0.1, 0.15) is 10.7 Å². The van der Waals surface area contributed by atoms with Gasteiger partial charge in [0.25, 0.3) is 5.91 Å². The van der Waals surface area contributed by atoms with Gasteiger partial charge >= 0.3 is 11.0 Å². The van der Waals surface area contributed by atoms with E-state index in [1.165, 1.54) is 30.3 Å². The molecule has 0 spiro atoms. The van der Waals surface area contributed by atoms with Crippen LogP contribution in [0.15, 0.2) is 34.8 Å². The molecule has 1 aromatic carbocycles. The molecule has 0 atom stereocenters. The Morgan fingerprint density at radius 2 is 2.09 bits per heavy atom. The minimum atomic E-state index is -0.866. The second-order valence-electron chi connectivity index (χ2n) is 4.14. The molecule has 0 bridgehead atoms. The summed E-state index contributed by atoms with van der Waals surface area (Å²) in [7, 11) is 0. The van der Waals surface area contributed by atoms with Gasteiger partial charge < -0.3 is 10.1 Å². The van der Waals surface area contributed by atoms with E-state index in [1.54, 1.807) is 0 Å². The van der Waals surface area contributed by atoms with Crippen LogP contribution in [0.1, 0.15) is 9.67 Å². The van der Waals surface area contributed by atoms with E-state index in [2.05, 4.69) is 21.2 Å². The molecule has 0 fully saturated rings. The summed E-state index contributed by atoms with van der Waals surface area (Å²) in [4.78, 5) is 33.2. The van der Waals surface area contributed by atoms with Crippen molar-refractivity contribution in [2.75, 3.05) is 11.9 Å². The lowest BCUT2D eigenvalue weighted by molar-refractivity contribution is -0.380. The number of carbonyl (C=O) groups excluding carboxylic acids is 2. The van der Waals surface area contributed by atoms with Crippen molar-refractivity contribution in [2.45, 2.75) is 0 Å². The van der Waals surface area contributed by atoms with Crippen LogP contribution in [0.5, 0.6) is 0 Å². The number of anilines is 1. The number of amides is 1. The summed E-state index contributed by atoms with van der Waals surface area (Å²) < 4.78 is 18.8. The largest absolute Gasteiger partial charge is 0.451 e. The highest BCUT2D eigenvalue weighted by Gasteiger charge is 2.17. The van der Waals surface area contributed by atoms with Gasteiger partial charge in [0, 0.05) is 10.5 Å². The van der Waals surface area contributed by atoms with Crippen molar-refractivity contribution in [2.24, 2.45) is 0 Å². The molecule has 0 aliphatic carbocycles. The monoisotopic (exact) mass is 402 g/mol. The molecule has 1 amide bonds. The summed E-state index contributed by atoms with van der Waals surface area (Å²) >= 11 is 3.72. The highest BCUT2D eigenvalue weighted by molar-refractivity contribution is 9.10. The molecule has 0 radical (unpaired) electrons. The second-order valence-corrected chi connectivity index (χ2v) is 6.12. The van der Waals surface area contributed by atoms with Crippen molar-refractivity contribution in [1.29, 1.82) is 0 Å². The van der Waals surface area contributed by atoms with Gasteiger partial charge in [-0.3, -0.25) is 14.9 Å². The van der Waals surface area contributed by atoms with Crippen LogP contribution in [0.4, 0.5) is 15.1 Å². The first-order chi connectivity index (χ1) is 10.9. The van der Waals surface area contributed by atoms with Crippen LogP contribution in [0.2, 0.25) is 0 Å². The van der Waals surface area contributed by atoms with E-state index in [0.29, 0.717) is 15.8 Å². The molecule has 0 unspecified atom stereocenters. The van der Waals surface area contributed by atoms with Crippen LogP contribution in [0.3, 0.4) is 0 Å². The summed E-state index contributed by atoms with van der Waals surface area (Å²) in [5, 5.41) is 12.6. The lowest BCUT2D eigenvalue weighted by Crippen LogP contribution is -2.21. The second kappa shape index (κ2) is 7.29. The number of nitrogens with zero attached hydrogens (tertiary/aromatic N) is 1. The number of benzene rings is 1. The molecule has 7 nitrogen and oxygen atoms in total. The molecule has 23 heavy (non-hydrogen) atoms. The first kappa shape index (κ1) is 17.0. The topological polar surface area (TPSA) is 98.5 Å². The average molecular weight is 403 g/mol. The fourth-order valence-corrected chi connectivity index (χ4v) is 2.56. The number of hydrogen-bond acceptors (Lipinski definition) is 6. The van der Waals surface area contributed by atoms with E-state index in [1.807, 2.05) is 0 Å². The van der Waals surface area contributed by atoms with E-state index in [-0.39, 0.29) is 15.6 Å². The van der Waals surface area contributed by atoms with Crippen molar-refractivity contribution >= 4 is 49.8 Å². The zero-order chi connectivity index (χ0) is 17.0. The number of nitro groups is 1. The molecule has 0 aliphatic heterocycles. The molecule has 0 saturated heterocycles. The van der Waals surface area contributed by atoms with Gasteiger partial charge in [-0.05, 0) is 24.3 Å². The highest BCUT2D eigenvalue weighted by Crippen LogP contribution is 2.24. The Bertz CT molecular complexity index is 779. The fourth-order valence-electron chi connectivity index (χ4n) is 1.51. The molecule has 1 heterocycles. The minimum absolute atomic E-state index is 0.000628. The number of halogens is 2. The number of nitrogens with one attached hydrogen (secondary N) is 1. The van der Waals surface area contributed by atoms with Gasteiger partial charge in [0.2, 0.25) is 0 Å². The molecule has 0 aliphatic rings. The molecule has 120 valence electrons. The van der Waals surface area contributed by atoms with Crippen LogP contribution in [-0.4, -0.2) is 23.4 Å². The van der Waals surface area contributed by atoms with Gasteiger partial charge in [-0.2, -0.15) is 0 Å². The normalized spacial score (nSPS) is 10.2. The minimum Gasteiger partial charge on any atom is -0.451 e. The predicted molar refractivity (Wildman–Crippen MR) is 84.0 cm³/mol. The van der Waals surface area contributed by atoms with E-state index >= 15 is 0 Å². The molecule has 2 rings (SSSR count). The average Bonchev–Trinajstić information content (AvgIpc) is 2.98. The van der Waals surface area contributed by atoms with Crippen LogP contribution in [0, 0.1) is 15.9 Å². The Morgan fingerprint density at radius 1 is 1.35 bits per heavy atom. The van der Waals surface area contributed by atoms with Crippen LogP contribution < -0.4 is 5.32 Å². The van der Waals surface area contributed by atoms with E-state index in [4.69, 9.17) is 4.74 Å². The first-order valence-corrected chi connectivity index (χ1v) is 7.64. The Morgan fingerprint density at radius 3 is 2.70 bits per heavy atom. The summed E-state index contributed by atoms with van der Waals surface area (Å²) in [6.45, 7) is -0.639. The molecular formula is C13H8BrFN2O5S. The SMILES string of the molecule is O=C(COC(=O)c1ccc([N+](=O)[O-])s1)Nc1ccc(Br)cc1F. The van der Waals surface area contributed by atoms with Gasteiger partial charge in [0.15, 0.2) is 6.61 Å².